The Kier molecular flexibility index (Phi) is 5.19. The van der Waals surface area contributed by atoms with Crippen molar-refractivity contribution in [2.45, 2.75) is 39.3 Å². The van der Waals surface area contributed by atoms with Crippen LogP contribution in [0.1, 0.15) is 31.2 Å². The maximum Gasteiger partial charge on any atom is 0.389 e. The van der Waals surface area contributed by atoms with Crippen molar-refractivity contribution < 1.29 is 17.9 Å². The van der Waals surface area contributed by atoms with Gasteiger partial charge in [-0.25, -0.2) is 4.98 Å². The minimum absolute atomic E-state index is 0.0448. The number of alkyl halides is 3. The van der Waals surface area contributed by atoms with Crippen LogP contribution in [-0.2, 0) is 6.42 Å². The molecule has 1 rings (SSSR count). The Bertz CT molecular complexity index is 410. The minimum Gasteiger partial charge on any atom is -0.477 e. The summed E-state index contributed by atoms with van der Waals surface area (Å²) in [7, 11) is 0. The van der Waals surface area contributed by atoms with E-state index < -0.39 is 12.6 Å². The standard InChI is InChI=1S/C11H14ClF3N2O/c1-3-8-16-9(12)7(2)10(17-8)18-6-4-5-11(13,14)15/h3-6H2,1-2H3. The number of halogens is 4. The van der Waals surface area contributed by atoms with Crippen molar-refractivity contribution >= 4 is 11.6 Å². The lowest BCUT2D eigenvalue weighted by Crippen LogP contribution is -2.11. The van der Waals surface area contributed by atoms with E-state index in [0.717, 1.165) is 0 Å². The topological polar surface area (TPSA) is 35.0 Å². The van der Waals surface area contributed by atoms with E-state index in [-0.39, 0.29) is 24.1 Å². The summed E-state index contributed by atoms with van der Waals surface area (Å²) in [4.78, 5) is 8.10. The molecule has 0 radical (unpaired) electrons. The highest BCUT2D eigenvalue weighted by atomic mass is 35.5. The molecule has 18 heavy (non-hydrogen) atoms. The Morgan fingerprint density at radius 3 is 2.50 bits per heavy atom. The van der Waals surface area contributed by atoms with Crippen molar-refractivity contribution in [3.05, 3.63) is 16.5 Å². The average molecular weight is 283 g/mol. The summed E-state index contributed by atoms with van der Waals surface area (Å²) in [6.45, 7) is 3.48. The third kappa shape index (κ3) is 4.68. The van der Waals surface area contributed by atoms with Crippen molar-refractivity contribution in [3.63, 3.8) is 0 Å². The molecule has 7 heteroatoms. The van der Waals surface area contributed by atoms with E-state index in [1.807, 2.05) is 6.92 Å². The van der Waals surface area contributed by atoms with Gasteiger partial charge in [0.2, 0.25) is 5.88 Å². The predicted octanol–water partition coefficient (Wildman–Crippen LogP) is 3.72. The zero-order valence-corrected chi connectivity index (χ0v) is 10.9. The van der Waals surface area contributed by atoms with Gasteiger partial charge in [0.1, 0.15) is 11.0 Å². The van der Waals surface area contributed by atoms with Gasteiger partial charge in [-0.15, -0.1) is 0 Å². The molecule has 0 fully saturated rings. The zero-order chi connectivity index (χ0) is 13.8. The SMILES string of the molecule is CCc1nc(Cl)c(C)c(OCCCC(F)(F)F)n1. The van der Waals surface area contributed by atoms with E-state index in [9.17, 15) is 13.2 Å². The molecule has 1 aromatic heterocycles. The summed E-state index contributed by atoms with van der Waals surface area (Å²) in [5, 5.41) is 0.271. The van der Waals surface area contributed by atoms with Gasteiger partial charge in [0, 0.05) is 18.4 Å². The molecule has 1 aromatic rings. The van der Waals surface area contributed by atoms with Crippen LogP contribution in [0.25, 0.3) is 0 Å². The van der Waals surface area contributed by atoms with Crippen LogP contribution in [0.5, 0.6) is 5.88 Å². The summed E-state index contributed by atoms with van der Waals surface area (Å²) < 4.78 is 41.0. The van der Waals surface area contributed by atoms with Gasteiger partial charge in [-0.2, -0.15) is 18.2 Å². The van der Waals surface area contributed by atoms with Crippen molar-refractivity contribution in [2.75, 3.05) is 6.61 Å². The third-order valence-electron chi connectivity index (χ3n) is 2.25. The second-order valence-corrected chi connectivity index (χ2v) is 4.14. The van der Waals surface area contributed by atoms with Gasteiger partial charge >= 0.3 is 6.18 Å². The van der Waals surface area contributed by atoms with Crippen LogP contribution in [0, 0.1) is 6.92 Å². The average Bonchev–Trinajstić information content (AvgIpc) is 2.28. The van der Waals surface area contributed by atoms with Gasteiger partial charge in [0.15, 0.2) is 0 Å². The van der Waals surface area contributed by atoms with E-state index in [0.29, 0.717) is 17.8 Å². The zero-order valence-electron chi connectivity index (χ0n) is 10.1. The molecule has 0 aliphatic heterocycles. The quantitative estimate of drug-likeness (QED) is 0.610. The van der Waals surface area contributed by atoms with Crippen LogP contribution < -0.4 is 4.74 Å². The van der Waals surface area contributed by atoms with Crippen molar-refractivity contribution in [1.82, 2.24) is 9.97 Å². The number of hydrogen-bond acceptors (Lipinski definition) is 3. The lowest BCUT2D eigenvalue weighted by atomic mass is 10.3. The fraction of sp³-hybridized carbons (Fsp3) is 0.636. The first kappa shape index (κ1) is 15.0. The summed E-state index contributed by atoms with van der Waals surface area (Å²) in [5.74, 6) is 0.769. The monoisotopic (exact) mass is 282 g/mol. The predicted molar refractivity (Wildman–Crippen MR) is 61.9 cm³/mol. The van der Waals surface area contributed by atoms with E-state index >= 15 is 0 Å². The first-order valence-electron chi connectivity index (χ1n) is 5.56. The molecule has 0 saturated carbocycles. The molecule has 0 atom stereocenters. The number of aromatic nitrogens is 2. The maximum absolute atomic E-state index is 11.9. The highest BCUT2D eigenvalue weighted by Crippen LogP contribution is 2.24. The Balaban J connectivity index is 2.59. The van der Waals surface area contributed by atoms with Gasteiger partial charge in [-0.1, -0.05) is 18.5 Å². The molecule has 0 amide bonds. The Hall–Kier alpha value is -1.04. The molecule has 3 nitrogen and oxygen atoms in total. The molecule has 0 spiro atoms. The highest BCUT2D eigenvalue weighted by Gasteiger charge is 2.26. The Morgan fingerprint density at radius 1 is 1.28 bits per heavy atom. The molecule has 0 bridgehead atoms. The van der Waals surface area contributed by atoms with Crippen LogP contribution in [0.15, 0.2) is 0 Å². The normalized spacial score (nSPS) is 11.7. The second kappa shape index (κ2) is 6.22. The number of aryl methyl sites for hydroxylation is 1. The molecular weight excluding hydrogens is 269 g/mol. The lowest BCUT2D eigenvalue weighted by molar-refractivity contribution is -0.136. The number of nitrogens with zero attached hydrogens (tertiary/aromatic N) is 2. The lowest BCUT2D eigenvalue weighted by Gasteiger charge is -2.11. The van der Waals surface area contributed by atoms with Gasteiger partial charge in [-0.3, -0.25) is 0 Å². The van der Waals surface area contributed by atoms with Crippen LogP contribution in [0.2, 0.25) is 5.15 Å². The largest absolute Gasteiger partial charge is 0.477 e. The van der Waals surface area contributed by atoms with Crippen molar-refractivity contribution in [3.8, 4) is 5.88 Å². The first-order valence-corrected chi connectivity index (χ1v) is 5.94. The fourth-order valence-corrected chi connectivity index (χ4v) is 1.43. The first-order chi connectivity index (χ1) is 8.33. The van der Waals surface area contributed by atoms with E-state index in [1.54, 1.807) is 6.92 Å². The molecule has 0 unspecified atom stereocenters. The summed E-state index contributed by atoms with van der Waals surface area (Å²) in [6, 6.07) is 0. The molecular formula is C11H14ClF3N2O. The van der Waals surface area contributed by atoms with Gasteiger partial charge in [-0.05, 0) is 13.3 Å². The van der Waals surface area contributed by atoms with Crippen LogP contribution in [-0.4, -0.2) is 22.8 Å². The number of hydrogen-bond donors (Lipinski definition) is 0. The number of rotatable bonds is 5. The smallest absolute Gasteiger partial charge is 0.389 e. The van der Waals surface area contributed by atoms with E-state index in [2.05, 4.69) is 9.97 Å². The van der Waals surface area contributed by atoms with Gasteiger partial charge < -0.3 is 4.74 Å². The van der Waals surface area contributed by atoms with Crippen LogP contribution in [0.3, 0.4) is 0 Å². The van der Waals surface area contributed by atoms with Crippen LogP contribution in [0.4, 0.5) is 13.2 Å². The van der Waals surface area contributed by atoms with Gasteiger partial charge in [0.05, 0.1) is 6.61 Å². The molecule has 102 valence electrons. The summed E-state index contributed by atoms with van der Waals surface area (Å²) in [6.07, 6.45) is -4.55. The molecule has 1 heterocycles. The maximum atomic E-state index is 11.9. The second-order valence-electron chi connectivity index (χ2n) is 3.78. The molecule has 0 aliphatic carbocycles. The molecule has 0 N–H and O–H groups in total. The summed E-state index contributed by atoms with van der Waals surface area (Å²) in [5.41, 5.74) is 0.542. The Morgan fingerprint density at radius 2 is 1.94 bits per heavy atom. The van der Waals surface area contributed by atoms with Gasteiger partial charge in [0.25, 0.3) is 0 Å². The fourth-order valence-electron chi connectivity index (χ4n) is 1.25. The highest BCUT2D eigenvalue weighted by molar-refractivity contribution is 6.30. The minimum atomic E-state index is -4.16. The molecule has 0 saturated heterocycles. The van der Waals surface area contributed by atoms with Crippen molar-refractivity contribution in [2.24, 2.45) is 0 Å². The number of ether oxygens (including phenoxy) is 1. The third-order valence-corrected chi connectivity index (χ3v) is 2.62. The van der Waals surface area contributed by atoms with E-state index in [4.69, 9.17) is 16.3 Å². The van der Waals surface area contributed by atoms with Crippen LogP contribution >= 0.6 is 11.6 Å². The van der Waals surface area contributed by atoms with E-state index in [1.165, 1.54) is 0 Å². The summed E-state index contributed by atoms with van der Waals surface area (Å²) >= 11 is 5.87. The molecule has 0 aromatic carbocycles. The molecule has 0 aliphatic rings. The van der Waals surface area contributed by atoms with Crippen molar-refractivity contribution in [1.29, 1.82) is 0 Å². The Labute approximate surface area is 108 Å².